The van der Waals surface area contributed by atoms with Crippen molar-refractivity contribution in [2.75, 3.05) is 22.1 Å². The van der Waals surface area contributed by atoms with Gasteiger partial charge in [-0.25, -0.2) is 4.39 Å². The molecule has 0 spiro atoms. The molecule has 6 N–H and O–H groups in total. The van der Waals surface area contributed by atoms with Crippen LogP contribution in [0.5, 0.6) is 0 Å². The summed E-state index contributed by atoms with van der Waals surface area (Å²) in [5, 5.41) is 11.4. The zero-order valence-electron chi connectivity index (χ0n) is 16.2. The molecule has 7 nitrogen and oxygen atoms in total. The minimum Gasteiger partial charge on any atom is -0.397 e. The molecule has 3 aromatic carbocycles. The maximum Gasteiger partial charge on any atom is 0.292 e. The number of nitrogens with zero attached hydrogens (tertiary/aromatic N) is 2. The zero-order chi connectivity index (χ0) is 21.4. The summed E-state index contributed by atoms with van der Waals surface area (Å²) in [5.74, 6) is -0.328. The van der Waals surface area contributed by atoms with E-state index in [1.807, 2.05) is 18.2 Å². The van der Waals surface area contributed by atoms with Crippen LogP contribution in [0.1, 0.15) is 36.1 Å². The Morgan fingerprint density at radius 1 is 0.833 bits per heavy atom. The van der Waals surface area contributed by atoms with Crippen LogP contribution in [0.3, 0.4) is 0 Å². The molecule has 4 rings (SSSR count). The monoisotopic (exact) mass is 407 g/mol. The maximum absolute atomic E-state index is 13.6. The normalized spacial score (nSPS) is 18.5. The third-order valence-corrected chi connectivity index (χ3v) is 5.64. The van der Waals surface area contributed by atoms with Crippen molar-refractivity contribution < 1.29 is 9.31 Å². The highest BCUT2D eigenvalue weighted by Crippen LogP contribution is 2.48. The fourth-order valence-electron chi connectivity index (χ4n) is 4.17. The van der Waals surface area contributed by atoms with Gasteiger partial charge in [-0.2, -0.15) is 0 Å². The summed E-state index contributed by atoms with van der Waals surface area (Å²) >= 11 is 0. The van der Waals surface area contributed by atoms with E-state index in [1.54, 1.807) is 24.3 Å². The van der Waals surface area contributed by atoms with Crippen molar-refractivity contribution in [2.24, 2.45) is 0 Å². The molecule has 2 unspecified atom stereocenters. The van der Waals surface area contributed by atoms with Gasteiger partial charge in [0.1, 0.15) is 11.5 Å². The van der Waals surface area contributed by atoms with Gasteiger partial charge in [0.05, 0.1) is 28.4 Å². The molecule has 1 aliphatic heterocycles. The lowest BCUT2D eigenvalue weighted by Gasteiger charge is -2.33. The minimum atomic E-state index is -0.478. The van der Waals surface area contributed by atoms with Crippen molar-refractivity contribution in [1.82, 2.24) is 0 Å². The predicted octanol–water partition coefficient (Wildman–Crippen LogP) is 4.56. The van der Waals surface area contributed by atoms with Gasteiger partial charge in [-0.05, 0) is 66.4 Å². The number of hydrogen-bond acceptors (Lipinski definition) is 6. The van der Waals surface area contributed by atoms with Gasteiger partial charge in [0, 0.05) is 11.8 Å². The Hall–Kier alpha value is -3.81. The van der Waals surface area contributed by atoms with Gasteiger partial charge in [-0.1, -0.05) is 12.1 Å². The summed E-state index contributed by atoms with van der Waals surface area (Å²) in [4.78, 5) is 13.1. The van der Waals surface area contributed by atoms with E-state index in [1.165, 1.54) is 18.2 Å². The Kier molecular flexibility index (Phi) is 4.91. The van der Waals surface area contributed by atoms with Crippen LogP contribution >= 0.6 is 0 Å². The van der Waals surface area contributed by atoms with E-state index in [-0.39, 0.29) is 29.3 Å². The lowest BCUT2D eigenvalue weighted by Crippen LogP contribution is -2.26. The molecule has 154 valence electrons. The van der Waals surface area contributed by atoms with Crippen LogP contribution < -0.4 is 22.1 Å². The number of anilines is 4. The van der Waals surface area contributed by atoms with Gasteiger partial charge in [-0.15, -0.1) is 0 Å². The molecule has 0 aliphatic carbocycles. The number of nitro groups is 1. The Bertz CT molecular complexity index is 1100. The van der Waals surface area contributed by atoms with Crippen molar-refractivity contribution in [1.29, 1.82) is 0 Å². The second-order valence-corrected chi connectivity index (χ2v) is 7.46. The molecule has 0 bridgehead atoms. The van der Waals surface area contributed by atoms with Crippen LogP contribution in [0, 0.1) is 15.9 Å². The topological polar surface area (TPSA) is 124 Å². The van der Waals surface area contributed by atoms with Gasteiger partial charge in [-0.3, -0.25) is 10.1 Å². The van der Waals surface area contributed by atoms with E-state index < -0.39 is 4.92 Å². The van der Waals surface area contributed by atoms with Crippen LogP contribution in [-0.4, -0.2) is 4.92 Å². The molecule has 8 heteroatoms. The zero-order valence-corrected chi connectivity index (χ0v) is 16.2. The number of halogens is 1. The number of nitro benzene ring substituents is 1. The largest absolute Gasteiger partial charge is 0.397 e. The van der Waals surface area contributed by atoms with E-state index >= 15 is 0 Å². The van der Waals surface area contributed by atoms with Gasteiger partial charge >= 0.3 is 0 Å². The Balaban J connectivity index is 1.80. The van der Waals surface area contributed by atoms with E-state index in [4.69, 9.17) is 17.2 Å². The molecule has 1 aliphatic rings. The summed E-state index contributed by atoms with van der Waals surface area (Å²) in [6, 6.07) is 16.5. The van der Waals surface area contributed by atoms with Gasteiger partial charge in [0.25, 0.3) is 5.69 Å². The summed E-state index contributed by atoms with van der Waals surface area (Å²) in [6.07, 6.45) is 1.55. The van der Waals surface area contributed by atoms with Gasteiger partial charge in [0.2, 0.25) is 0 Å². The first kappa shape index (κ1) is 19.5. The molecular weight excluding hydrogens is 385 g/mol. The average molecular weight is 407 g/mol. The highest BCUT2D eigenvalue weighted by Gasteiger charge is 2.36. The van der Waals surface area contributed by atoms with Crippen LogP contribution in [0.4, 0.5) is 32.8 Å². The second kappa shape index (κ2) is 7.55. The molecule has 1 saturated heterocycles. The SMILES string of the molecule is Nc1ccc(C2CCC(c3ccc(N)c([N+](=O)[O-])c3)N2c2ccc(F)cc2)cc1N. The Morgan fingerprint density at radius 2 is 1.40 bits per heavy atom. The first-order chi connectivity index (χ1) is 14.3. The van der Waals surface area contributed by atoms with Gasteiger partial charge < -0.3 is 22.1 Å². The van der Waals surface area contributed by atoms with Crippen molar-refractivity contribution in [3.8, 4) is 0 Å². The molecular formula is C22H22FN5O2. The van der Waals surface area contributed by atoms with Crippen molar-refractivity contribution in [3.05, 3.63) is 87.7 Å². The highest BCUT2D eigenvalue weighted by molar-refractivity contribution is 5.66. The number of benzene rings is 3. The fourth-order valence-corrected chi connectivity index (χ4v) is 4.17. The smallest absolute Gasteiger partial charge is 0.292 e. The lowest BCUT2D eigenvalue weighted by molar-refractivity contribution is -0.384. The quantitative estimate of drug-likeness (QED) is 0.331. The number of rotatable bonds is 4. The summed E-state index contributed by atoms with van der Waals surface area (Å²) < 4.78 is 13.6. The highest BCUT2D eigenvalue weighted by atomic mass is 19.1. The molecule has 1 heterocycles. The summed E-state index contributed by atoms with van der Waals surface area (Å²) in [5.41, 5.74) is 21.3. The van der Waals surface area contributed by atoms with Crippen molar-refractivity contribution >= 4 is 28.4 Å². The average Bonchev–Trinajstić information content (AvgIpc) is 3.16. The summed E-state index contributed by atoms with van der Waals surface area (Å²) in [6.45, 7) is 0. The molecule has 0 amide bonds. The molecule has 0 radical (unpaired) electrons. The molecule has 3 aromatic rings. The van der Waals surface area contributed by atoms with E-state index in [0.717, 1.165) is 29.7 Å². The minimum absolute atomic E-state index is 0.0417. The molecule has 0 saturated carbocycles. The molecule has 1 fully saturated rings. The third-order valence-electron chi connectivity index (χ3n) is 5.64. The standard InChI is InChI=1S/C22H22FN5O2/c23-15-3-5-16(6-4-15)27-20(13-1-7-17(24)19(26)11-13)9-10-21(27)14-2-8-18(25)22(12-14)28(29)30/h1-8,11-12,20-21H,9-10,24-26H2. The molecule has 0 aromatic heterocycles. The van der Waals surface area contributed by atoms with Crippen LogP contribution in [0.25, 0.3) is 0 Å². The number of hydrogen-bond donors (Lipinski definition) is 3. The van der Waals surface area contributed by atoms with E-state index in [9.17, 15) is 14.5 Å². The fraction of sp³-hybridized carbons (Fsp3) is 0.182. The van der Waals surface area contributed by atoms with Crippen LogP contribution in [-0.2, 0) is 0 Å². The van der Waals surface area contributed by atoms with Crippen LogP contribution in [0.2, 0.25) is 0 Å². The summed E-state index contributed by atoms with van der Waals surface area (Å²) in [7, 11) is 0. The lowest BCUT2D eigenvalue weighted by atomic mass is 10.0. The maximum atomic E-state index is 13.6. The predicted molar refractivity (Wildman–Crippen MR) is 116 cm³/mol. The van der Waals surface area contributed by atoms with E-state index in [2.05, 4.69) is 4.90 Å². The number of nitrogen functional groups attached to an aromatic ring is 3. The molecule has 2 atom stereocenters. The van der Waals surface area contributed by atoms with Crippen molar-refractivity contribution in [3.63, 3.8) is 0 Å². The van der Waals surface area contributed by atoms with Crippen LogP contribution in [0.15, 0.2) is 60.7 Å². The second-order valence-electron chi connectivity index (χ2n) is 7.46. The Morgan fingerprint density at radius 3 is 1.97 bits per heavy atom. The first-order valence-corrected chi connectivity index (χ1v) is 9.58. The third kappa shape index (κ3) is 3.47. The first-order valence-electron chi connectivity index (χ1n) is 9.58. The van der Waals surface area contributed by atoms with Crippen molar-refractivity contribution in [2.45, 2.75) is 24.9 Å². The van der Waals surface area contributed by atoms with E-state index in [0.29, 0.717) is 11.4 Å². The molecule has 30 heavy (non-hydrogen) atoms. The number of nitrogens with two attached hydrogens (primary N) is 3. The van der Waals surface area contributed by atoms with Gasteiger partial charge in [0.15, 0.2) is 0 Å². The Labute approximate surface area is 173 Å².